The minimum absolute atomic E-state index is 0.0748. The molecule has 0 unspecified atom stereocenters. The van der Waals surface area contributed by atoms with Gasteiger partial charge in [0.2, 0.25) is 0 Å². The van der Waals surface area contributed by atoms with Gasteiger partial charge in [0.1, 0.15) is 5.92 Å². The van der Waals surface area contributed by atoms with Gasteiger partial charge in [-0.1, -0.05) is 24.3 Å². The van der Waals surface area contributed by atoms with Gasteiger partial charge in [-0.3, -0.25) is 9.59 Å². The number of nitrogens with zero attached hydrogens (tertiary/aromatic N) is 1. The molecule has 1 amide bonds. The van der Waals surface area contributed by atoms with Gasteiger partial charge in [-0.15, -0.1) is 0 Å². The number of fused-ring (bicyclic) bond motifs is 1. The van der Waals surface area contributed by atoms with E-state index in [0.717, 1.165) is 18.4 Å². The molecule has 0 spiro atoms. The molecular formula is C21H21NO5. The molecule has 2 aromatic rings. The lowest BCUT2D eigenvalue weighted by Crippen LogP contribution is -2.46. The number of carboxylic acid groups (broad SMARTS) is 1. The van der Waals surface area contributed by atoms with Crippen molar-refractivity contribution < 1.29 is 24.2 Å². The zero-order chi connectivity index (χ0) is 19.1. The molecule has 1 saturated carbocycles. The van der Waals surface area contributed by atoms with Crippen LogP contribution >= 0.6 is 0 Å². The van der Waals surface area contributed by atoms with Crippen molar-refractivity contribution in [2.24, 2.45) is 0 Å². The fraction of sp³-hybridized carbons (Fsp3) is 0.333. The number of hydrogen-bond acceptors (Lipinski definition) is 4. The summed E-state index contributed by atoms with van der Waals surface area (Å²) < 4.78 is 10.7. The normalized spacial score (nSPS) is 21.6. The third-order valence-electron chi connectivity index (χ3n) is 5.33. The average molecular weight is 367 g/mol. The fourth-order valence-electron chi connectivity index (χ4n) is 3.96. The summed E-state index contributed by atoms with van der Waals surface area (Å²) in [5.74, 6) is -0.807. The van der Waals surface area contributed by atoms with E-state index in [-0.39, 0.29) is 11.9 Å². The average Bonchev–Trinajstić information content (AvgIpc) is 3.52. The highest BCUT2D eigenvalue weighted by molar-refractivity contribution is 6.00. The van der Waals surface area contributed by atoms with Crippen LogP contribution in [0, 0.1) is 0 Å². The Morgan fingerprint density at radius 1 is 1.07 bits per heavy atom. The van der Waals surface area contributed by atoms with Gasteiger partial charge in [-0.2, -0.15) is 0 Å². The molecule has 1 fully saturated rings. The van der Waals surface area contributed by atoms with Crippen molar-refractivity contribution in [3.05, 3.63) is 59.2 Å². The molecule has 0 bridgehead atoms. The molecule has 4 rings (SSSR count). The van der Waals surface area contributed by atoms with Crippen molar-refractivity contribution in [3.63, 3.8) is 0 Å². The Morgan fingerprint density at radius 3 is 2.41 bits per heavy atom. The number of hydrogen-bond donors (Lipinski definition) is 1. The van der Waals surface area contributed by atoms with Gasteiger partial charge in [-0.25, -0.2) is 0 Å². The lowest BCUT2D eigenvalue weighted by Gasteiger charge is -2.41. The van der Waals surface area contributed by atoms with Gasteiger partial charge in [0.05, 0.1) is 20.3 Å². The molecule has 0 radical (unpaired) electrons. The van der Waals surface area contributed by atoms with Crippen molar-refractivity contribution in [3.8, 4) is 11.5 Å². The summed E-state index contributed by atoms with van der Waals surface area (Å²) in [5, 5.41) is 10.1. The fourth-order valence-corrected chi connectivity index (χ4v) is 3.96. The third kappa shape index (κ3) is 2.81. The van der Waals surface area contributed by atoms with Crippen molar-refractivity contribution >= 4 is 11.9 Å². The largest absolute Gasteiger partial charge is 0.493 e. The number of benzene rings is 2. The van der Waals surface area contributed by atoms with Crippen molar-refractivity contribution in [1.29, 1.82) is 0 Å². The van der Waals surface area contributed by atoms with Crippen LogP contribution in [0.5, 0.6) is 11.5 Å². The van der Waals surface area contributed by atoms with Crippen LogP contribution in [-0.4, -0.2) is 42.1 Å². The van der Waals surface area contributed by atoms with Crippen LogP contribution < -0.4 is 9.47 Å². The SMILES string of the molecule is COc1ccc([C@@H]2[C@H](C(=O)O)c3ccccc3C(=O)N2C2CC2)cc1OC. The second kappa shape index (κ2) is 6.61. The summed E-state index contributed by atoms with van der Waals surface area (Å²) in [4.78, 5) is 27.2. The standard InChI is InChI=1S/C21H21NO5/c1-26-16-10-7-12(11-17(16)27-2)19-18(21(24)25)14-5-3-4-6-15(14)20(23)22(19)13-8-9-13/h3-7,10-11,13,18-19H,8-9H2,1-2H3,(H,24,25)/t18-,19-/m1/s1. The maximum Gasteiger partial charge on any atom is 0.313 e. The van der Waals surface area contributed by atoms with Gasteiger partial charge >= 0.3 is 5.97 Å². The van der Waals surface area contributed by atoms with Crippen molar-refractivity contribution in [1.82, 2.24) is 4.90 Å². The highest BCUT2D eigenvalue weighted by Crippen LogP contribution is 2.48. The molecule has 2 aliphatic rings. The first-order valence-electron chi connectivity index (χ1n) is 8.93. The van der Waals surface area contributed by atoms with E-state index in [0.29, 0.717) is 22.6 Å². The van der Waals surface area contributed by atoms with E-state index in [9.17, 15) is 14.7 Å². The lowest BCUT2D eigenvalue weighted by molar-refractivity contribution is -0.140. The van der Waals surface area contributed by atoms with Gasteiger partial charge in [0.25, 0.3) is 5.91 Å². The molecule has 1 N–H and O–H groups in total. The highest BCUT2D eigenvalue weighted by atomic mass is 16.5. The molecule has 6 nitrogen and oxygen atoms in total. The van der Waals surface area contributed by atoms with Crippen LogP contribution in [0.15, 0.2) is 42.5 Å². The topological polar surface area (TPSA) is 76.1 Å². The van der Waals surface area contributed by atoms with E-state index < -0.39 is 17.9 Å². The van der Waals surface area contributed by atoms with Crippen molar-refractivity contribution in [2.75, 3.05) is 14.2 Å². The number of rotatable bonds is 5. The number of methoxy groups -OCH3 is 2. The molecule has 1 aliphatic heterocycles. The predicted molar refractivity (Wildman–Crippen MR) is 98.3 cm³/mol. The first-order valence-corrected chi connectivity index (χ1v) is 8.93. The number of amides is 1. The van der Waals surface area contributed by atoms with E-state index >= 15 is 0 Å². The van der Waals surface area contributed by atoms with Crippen LogP contribution in [0.4, 0.5) is 0 Å². The minimum Gasteiger partial charge on any atom is -0.493 e. The van der Waals surface area contributed by atoms with Crippen molar-refractivity contribution in [2.45, 2.75) is 30.8 Å². The minimum atomic E-state index is -0.944. The predicted octanol–water partition coefficient (Wildman–Crippen LogP) is 3.23. The number of carbonyl (C=O) groups is 2. The molecule has 27 heavy (non-hydrogen) atoms. The molecule has 1 heterocycles. The van der Waals surface area contributed by atoms with Crippen LogP contribution in [-0.2, 0) is 4.79 Å². The quantitative estimate of drug-likeness (QED) is 0.878. The molecule has 0 saturated heterocycles. The van der Waals surface area contributed by atoms with Gasteiger partial charge in [0, 0.05) is 11.6 Å². The molecule has 6 heteroatoms. The summed E-state index contributed by atoms with van der Waals surface area (Å²) in [6, 6.07) is 11.8. The third-order valence-corrected chi connectivity index (χ3v) is 5.33. The maximum atomic E-state index is 13.2. The van der Waals surface area contributed by atoms with Crippen LogP contribution in [0.1, 0.15) is 46.3 Å². The summed E-state index contributed by atoms with van der Waals surface area (Å²) >= 11 is 0. The highest BCUT2D eigenvalue weighted by Gasteiger charge is 2.49. The zero-order valence-electron chi connectivity index (χ0n) is 15.2. The Bertz CT molecular complexity index is 905. The molecule has 2 aromatic carbocycles. The lowest BCUT2D eigenvalue weighted by atomic mass is 9.79. The first kappa shape index (κ1) is 17.4. The zero-order valence-corrected chi connectivity index (χ0v) is 15.2. The van der Waals surface area contributed by atoms with Gasteiger partial charge < -0.3 is 19.5 Å². The molecule has 140 valence electrons. The monoisotopic (exact) mass is 367 g/mol. The molecule has 0 aromatic heterocycles. The van der Waals surface area contributed by atoms with Crippen LogP contribution in [0.3, 0.4) is 0 Å². The first-order chi connectivity index (χ1) is 13.1. The van der Waals surface area contributed by atoms with Crippen LogP contribution in [0.25, 0.3) is 0 Å². The number of ether oxygens (including phenoxy) is 2. The molecule has 2 atom stereocenters. The van der Waals surface area contributed by atoms with Crippen LogP contribution in [0.2, 0.25) is 0 Å². The Morgan fingerprint density at radius 2 is 1.78 bits per heavy atom. The summed E-state index contributed by atoms with van der Waals surface area (Å²) in [6.45, 7) is 0. The second-order valence-electron chi connectivity index (χ2n) is 6.91. The summed E-state index contributed by atoms with van der Waals surface area (Å²) in [7, 11) is 3.09. The molecule has 1 aliphatic carbocycles. The van der Waals surface area contributed by atoms with E-state index in [1.807, 2.05) is 6.07 Å². The summed E-state index contributed by atoms with van der Waals surface area (Å²) in [6.07, 6.45) is 1.79. The Hall–Kier alpha value is -3.02. The smallest absolute Gasteiger partial charge is 0.313 e. The van der Waals surface area contributed by atoms with Gasteiger partial charge in [-0.05, 0) is 42.2 Å². The second-order valence-corrected chi connectivity index (χ2v) is 6.91. The Labute approximate surface area is 157 Å². The molecular weight excluding hydrogens is 346 g/mol. The van der Waals surface area contributed by atoms with E-state index in [1.165, 1.54) is 7.11 Å². The Balaban J connectivity index is 1.90. The maximum absolute atomic E-state index is 13.2. The number of carboxylic acids is 1. The van der Waals surface area contributed by atoms with E-state index in [4.69, 9.17) is 9.47 Å². The number of aliphatic carboxylic acids is 1. The van der Waals surface area contributed by atoms with Gasteiger partial charge in [0.15, 0.2) is 11.5 Å². The summed E-state index contributed by atoms with van der Waals surface area (Å²) in [5.41, 5.74) is 1.77. The van der Waals surface area contributed by atoms with E-state index in [1.54, 1.807) is 48.4 Å². The number of carbonyl (C=O) groups excluding carboxylic acids is 1. The van der Waals surface area contributed by atoms with E-state index in [2.05, 4.69) is 0 Å². The Kier molecular flexibility index (Phi) is 4.26.